The Bertz CT molecular complexity index is 907. The molecule has 0 saturated heterocycles. The molecule has 0 atom stereocenters. The lowest BCUT2D eigenvalue weighted by molar-refractivity contribution is -0.136. The standard InChI is InChI=1S/C17H16ClNO5S/c1-11-2-7-15(14(18)10-11)19-25(23,24)13-5-3-12(4-6-13)16(20)8-9-17(21)22/h2-7,10,19H,8-9H2,1H3,(H,21,22). The molecule has 0 radical (unpaired) electrons. The predicted molar refractivity (Wildman–Crippen MR) is 94.6 cm³/mol. The maximum atomic E-state index is 12.4. The van der Waals surface area contributed by atoms with Crippen LogP contribution in [0.1, 0.15) is 28.8 Å². The fourth-order valence-electron chi connectivity index (χ4n) is 2.09. The molecular formula is C17H16ClNO5S. The van der Waals surface area contributed by atoms with Crippen LogP contribution in [0, 0.1) is 6.92 Å². The number of hydrogen-bond donors (Lipinski definition) is 2. The molecule has 0 aliphatic heterocycles. The first-order chi connectivity index (χ1) is 11.7. The molecule has 0 aliphatic rings. The number of halogens is 1. The van der Waals surface area contributed by atoms with Gasteiger partial charge in [-0.25, -0.2) is 8.42 Å². The number of rotatable bonds is 7. The van der Waals surface area contributed by atoms with Gasteiger partial charge >= 0.3 is 5.97 Å². The van der Waals surface area contributed by atoms with E-state index >= 15 is 0 Å². The predicted octanol–water partition coefficient (Wildman–Crippen LogP) is 3.50. The molecule has 8 heteroatoms. The normalized spacial score (nSPS) is 11.1. The number of aryl methyl sites for hydroxylation is 1. The zero-order chi connectivity index (χ0) is 18.6. The van der Waals surface area contributed by atoms with E-state index in [0.29, 0.717) is 0 Å². The number of carbonyl (C=O) groups is 2. The van der Waals surface area contributed by atoms with Crippen LogP contribution in [0.15, 0.2) is 47.4 Å². The molecule has 0 unspecified atom stereocenters. The molecule has 0 spiro atoms. The molecule has 0 aliphatic carbocycles. The Kier molecular flexibility index (Phi) is 5.81. The van der Waals surface area contributed by atoms with E-state index in [4.69, 9.17) is 16.7 Å². The van der Waals surface area contributed by atoms with Crippen LogP contribution in [0.5, 0.6) is 0 Å². The van der Waals surface area contributed by atoms with E-state index in [1.54, 1.807) is 18.2 Å². The molecular weight excluding hydrogens is 366 g/mol. The number of carboxylic acid groups (broad SMARTS) is 1. The number of nitrogens with one attached hydrogen (secondary N) is 1. The molecule has 0 fully saturated rings. The quantitative estimate of drug-likeness (QED) is 0.715. The van der Waals surface area contributed by atoms with E-state index < -0.39 is 16.0 Å². The van der Waals surface area contributed by atoms with Crippen molar-refractivity contribution in [2.45, 2.75) is 24.7 Å². The number of sulfonamides is 1. The average Bonchev–Trinajstić information content (AvgIpc) is 2.55. The molecule has 6 nitrogen and oxygen atoms in total. The van der Waals surface area contributed by atoms with Gasteiger partial charge in [0, 0.05) is 12.0 Å². The van der Waals surface area contributed by atoms with Crippen molar-refractivity contribution in [3.8, 4) is 0 Å². The maximum Gasteiger partial charge on any atom is 0.303 e. The van der Waals surface area contributed by atoms with Gasteiger partial charge in [-0.15, -0.1) is 0 Å². The molecule has 2 rings (SSSR count). The van der Waals surface area contributed by atoms with Gasteiger partial charge in [0.25, 0.3) is 10.0 Å². The smallest absolute Gasteiger partial charge is 0.303 e. The molecule has 0 bridgehead atoms. The summed E-state index contributed by atoms with van der Waals surface area (Å²) >= 11 is 6.03. The summed E-state index contributed by atoms with van der Waals surface area (Å²) in [4.78, 5) is 22.3. The van der Waals surface area contributed by atoms with Crippen LogP contribution < -0.4 is 4.72 Å². The summed E-state index contributed by atoms with van der Waals surface area (Å²) in [5.74, 6) is -1.42. The summed E-state index contributed by atoms with van der Waals surface area (Å²) in [6, 6.07) is 10.2. The van der Waals surface area contributed by atoms with Crippen LogP contribution in [-0.2, 0) is 14.8 Å². The first-order valence-corrected chi connectivity index (χ1v) is 9.19. The van der Waals surface area contributed by atoms with Gasteiger partial charge in [0.15, 0.2) is 5.78 Å². The molecule has 0 aromatic heterocycles. The second kappa shape index (κ2) is 7.67. The number of benzene rings is 2. The van der Waals surface area contributed by atoms with Crippen molar-refractivity contribution in [3.63, 3.8) is 0 Å². The Morgan fingerprint density at radius 1 is 1.08 bits per heavy atom. The fraction of sp³-hybridized carbons (Fsp3) is 0.176. The third kappa shape index (κ3) is 5.04. The average molecular weight is 382 g/mol. The monoisotopic (exact) mass is 381 g/mol. The molecule has 0 saturated carbocycles. The summed E-state index contributed by atoms with van der Waals surface area (Å²) in [5, 5.41) is 8.87. The highest BCUT2D eigenvalue weighted by molar-refractivity contribution is 7.92. The van der Waals surface area contributed by atoms with Crippen LogP contribution >= 0.6 is 11.6 Å². The van der Waals surface area contributed by atoms with E-state index in [2.05, 4.69) is 4.72 Å². The minimum atomic E-state index is -3.86. The van der Waals surface area contributed by atoms with Gasteiger partial charge in [0.05, 0.1) is 22.0 Å². The van der Waals surface area contributed by atoms with Gasteiger partial charge < -0.3 is 5.11 Å². The summed E-state index contributed by atoms with van der Waals surface area (Å²) in [6.07, 6.45) is -0.412. The van der Waals surface area contributed by atoms with Gasteiger partial charge in [-0.2, -0.15) is 0 Å². The third-order valence-corrected chi connectivity index (χ3v) is 5.12. The largest absolute Gasteiger partial charge is 0.481 e. The fourth-order valence-corrected chi connectivity index (χ4v) is 3.51. The van der Waals surface area contributed by atoms with Crippen molar-refractivity contribution >= 4 is 39.1 Å². The molecule has 25 heavy (non-hydrogen) atoms. The SMILES string of the molecule is Cc1ccc(NS(=O)(=O)c2ccc(C(=O)CCC(=O)O)cc2)c(Cl)c1. The topological polar surface area (TPSA) is 101 Å². The van der Waals surface area contributed by atoms with Crippen molar-refractivity contribution in [3.05, 3.63) is 58.6 Å². The molecule has 2 N–H and O–H groups in total. The van der Waals surface area contributed by atoms with E-state index in [1.165, 1.54) is 24.3 Å². The van der Waals surface area contributed by atoms with Gasteiger partial charge in [-0.05, 0) is 36.8 Å². The first kappa shape index (κ1) is 19.0. The minimum absolute atomic E-state index is 0.0288. The van der Waals surface area contributed by atoms with E-state index in [-0.39, 0.29) is 39.8 Å². The highest BCUT2D eigenvalue weighted by atomic mass is 35.5. The number of hydrogen-bond acceptors (Lipinski definition) is 4. The van der Waals surface area contributed by atoms with Crippen molar-refractivity contribution < 1.29 is 23.1 Å². The number of anilines is 1. The lowest BCUT2D eigenvalue weighted by Crippen LogP contribution is -2.13. The summed E-state index contributed by atoms with van der Waals surface area (Å²) in [7, 11) is -3.86. The maximum absolute atomic E-state index is 12.4. The van der Waals surface area contributed by atoms with Crippen molar-refractivity contribution in [2.75, 3.05) is 4.72 Å². The van der Waals surface area contributed by atoms with Gasteiger partial charge in [-0.3, -0.25) is 14.3 Å². The number of aliphatic carboxylic acids is 1. The zero-order valence-electron chi connectivity index (χ0n) is 13.3. The highest BCUT2D eigenvalue weighted by Crippen LogP contribution is 2.25. The van der Waals surface area contributed by atoms with Crippen LogP contribution in [0.4, 0.5) is 5.69 Å². The highest BCUT2D eigenvalue weighted by Gasteiger charge is 2.17. The van der Waals surface area contributed by atoms with Crippen molar-refractivity contribution in [1.82, 2.24) is 0 Å². The van der Waals surface area contributed by atoms with Crippen LogP contribution in [0.25, 0.3) is 0 Å². The lowest BCUT2D eigenvalue weighted by Gasteiger charge is -2.10. The Labute approximate surface area is 150 Å². The summed E-state index contributed by atoms with van der Waals surface area (Å²) < 4.78 is 27.2. The van der Waals surface area contributed by atoms with Crippen molar-refractivity contribution in [1.29, 1.82) is 0 Å². The Morgan fingerprint density at radius 3 is 2.28 bits per heavy atom. The van der Waals surface area contributed by atoms with E-state index in [1.807, 2.05) is 6.92 Å². The Hall–Kier alpha value is -2.38. The number of ketones is 1. The van der Waals surface area contributed by atoms with E-state index in [0.717, 1.165) is 5.56 Å². The van der Waals surface area contributed by atoms with Gasteiger partial charge in [-0.1, -0.05) is 29.8 Å². The first-order valence-electron chi connectivity index (χ1n) is 7.33. The molecule has 132 valence electrons. The van der Waals surface area contributed by atoms with E-state index in [9.17, 15) is 18.0 Å². The molecule has 0 amide bonds. The second-order valence-electron chi connectivity index (χ2n) is 5.43. The van der Waals surface area contributed by atoms with Crippen molar-refractivity contribution in [2.24, 2.45) is 0 Å². The van der Waals surface area contributed by atoms with Crippen LogP contribution in [0.3, 0.4) is 0 Å². The third-order valence-electron chi connectivity index (χ3n) is 3.42. The molecule has 0 heterocycles. The second-order valence-corrected chi connectivity index (χ2v) is 7.52. The van der Waals surface area contributed by atoms with Gasteiger partial charge in [0.2, 0.25) is 0 Å². The molecule has 2 aromatic carbocycles. The van der Waals surface area contributed by atoms with Crippen LogP contribution in [-0.4, -0.2) is 25.3 Å². The summed E-state index contributed by atoms with van der Waals surface area (Å²) in [6.45, 7) is 1.84. The van der Waals surface area contributed by atoms with Gasteiger partial charge in [0.1, 0.15) is 0 Å². The number of carboxylic acids is 1. The Balaban J connectivity index is 2.17. The molecule has 2 aromatic rings. The zero-order valence-corrected chi connectivity index (χ0v) is 14.9. The minimum Gasteiger partial charge on any atom is -0.481 e. The lowest BCUT2D eigenvalue weighted by atomic mass is 10.1. The van der Waals surface area contributed by atoms with Crippen LogP contribution in [0.2, 0.25) is 5.02 Å². The number of Topliss-reactive ketones (excluding diaryl/α,β-unsaturated/α-hetero) is 1. The summed E-state index contributed by atoms with van der Waals surface area (Å²) in [5.41, 5.74) is 1.42. The Morgan fingerprint density at radius 2 is 1.72 bits per heavy atom. The number of carbonyl (C=O) groups excluding carboxylic acids is 1.